The van der Waals surface area contributed by atoms with E-state index in [0.717, 1.165) is 25.3 Å². The van der Waals surface area contributed by atoms with Gasteiger partial charge in [0.25, 0.3) is 5.91 Å². The lowest BCUT2D eigenvalue weighted by molar-refractivity contribution is -0.151. The largest absolute Gasteiger partial charge is 0.462 e. The molecule has 1 N–H and O–H groups in total. The predicted molar refractivity (Wildman–Crippen MR) is 85.9 cm³/mol. The lowest BCUT2D eigenvalue weighted by Gasteiger charge is -2.26. The number of nitrogens with one attached hydrogen (secondary N) is 1. The molecule has 1 aliphatic carbocycles. The maximum Gasteiger partial charge on any atom is 0.307 e. The molecule has 0 saturated heterocycles. The Morgan fingerprint density at radius 1 is 1.39 bits per heavy atom. The second-order valence-electron chi connectivity index (χ2n) is 6.01. The van der Waals surface area contributed by atoms with Crippen molar-refractivity contribution in [2.24, 2.45) is 5.92 Å². The van der Waals surface area contributed by atoms with Crippen LogP contribution in [0, 0.1) is 11.7 Å². The fourth-order valence-corrected chi connectivity index (χ4v) is 3.03. The van der Waals surface area contributed by atoms with Crippen LogP contribution in [0.5, 0.6) is 0 Å². The van der Waals surface area contributed by atoms with Crippen LogP contribution in [-0.2, 0) is 9.53 Å². The number of amides is 1. The van der Waals surface area contributed by atoms with Gasteiger partial charge in [-0.3, -0.25) is 9.59 Å². The number of benzene rings is 1. The van der Waals surface area contributed by atoms with Gasteiger partial charge in [-0.05, 0) is 43.4 Å². The van der Waals surface area contributed by atoms with Gasteiger partial charge >= 0.3 is 5.97 Å². The highest BCUT2D eigenvalue weighted by atomic mass is 35.5. The van der Waals surface area contributed by atoms with E-state index in [1.807, 2.05) is 0 Å². The molecule has 1 saturated carbocycles. The van der Waals surface area contributed by atoms with Crippen LogP contribution in [0.3, 0.4) is 0 Å². The second-order valence-corrected chi connectivity index (χ2v) is 6.42. The Hall–Kier alpha value is -1.62. The van der Waals surface area contributed by atoms with Crippen LogP contribution in [0.2, 0.25) is 5.02 Å². The molecule has 1 aliphatic rings. The van der Waals surface area contributed by atoms with Crippen molar-refractivity contribution in [1.29, 1.82) is 0 Å². The van der Waals surface area contributed by atoms with Gasteiger partial charge in [-0.25, -0.2) is 4.39 Å². The number of carbonyl (C=O) groups is 2. The number of rotatable bonds is 5. The summed E-state index contributed by atoms with van der Waals surface area (Å²) >= 11 is 5.82. The molecule has 0 heterocycles. The Morgan fingerprint density at radius 3 is 2.87 bits per heavy atom. The van der Waals surface area contributed by atoms with E-state index < -0.39 is 11.7 Å². The van der Waals surface area contributed by atoms with E-state index in [1.165, 1.54) is 18.6 Å². The molecule has 1 amide bonds. The SMILES string of the molecule is CC1CCCC(OC(=O)CCNC(=O)c2ccc(F)cc2Cl)C1. The molecule has 0 radical (unpaired) electrons. The average Bonchev–Trinajstić information content (AvgIpc) is 2.47. The summed E-state index contributed by atoms with van der Waals surface area (Å²) < 4.78 is 18.4. The van der Waals surface area contributed by atoms with Gasteiger partial charge in [0.05, 0.1) is 17.0 Å². The monoisotopic (exact) mass is 341 g/mol. The molecule has 23 heavy (non-hydrogen) atoms. The molecule has 0 bridgehead atoms. The van der Waals surface area contributed by atoms with Crippen LogP contribution < -0.4 is 5.32 Å². The normalized spacial score (nSPS) is 20.8. The maximum atomic E-state index is 12.9. The van der Waals surface area contributed by atoms with Crippen LogP contribution in [0.25, 0.3) is 0 Å². The van der Waals surface area contributed by atoms with E-state index in [9.17, 15) is 14.0 Å². The highest BCUT2D eigenvalue weighted by Gasteiger charge is 2.22. The van der Waals surface area contributed by atoms with Crippen molar-refractivity contribution in [2.45, 2.75) is 45.1 Å². The van der Waals surface area contributed by atoms with Crippen LogP contribution in [0.4, 0.5) is 4.39 Å². The summed E-state index contributed by atoms with van der Waals surface area (Å²) in [5.74, 6) is -0.664. The van der Waals surface area contributed by atoms with E-state index in [4.69, 9.17) is 16.3 Å². The Bertz CT molecular complexity index is 579. The Morgan fingerprint density at radius 2 is 2.17 bits per heavy atom. The zero-order valence-corrected chi connectivity index (χ0v) is 13.9. The van der Waals surface area contributed by atoms with Crippen LogP contribution in [-0.4, -0.2) is 24.5 Å². The first kappa shape index (κ1) is 17.7. The number of ether oxygens (including phenoxy) is 1. The fourth-order valence-electron chi connectivity index (χ4n) is 2.78. The molecule has 2 rings (SSSR count). The smallest absolute Gasteiger partial charge is 0.307 e. The highest BCUT2D eigenvalue weighted by molar-refractivity contribution is 6.33. The summed E-state index contributed by atoms with van der Waals surface area (Å²) in [7, 11) is 0. The minimum Gasteiger partial charge on any atom is -0.462 e. The average molecular weight is 342 g/mol. The van der Waals surface area contributed by atoms with Crippen molar-refractivity contribution in [3.8, 4) is 0 Å². The fraction of sp³-hybridized carbons (Fsp3) is 0.529. The summed E-state index contributed by atoms with van der Waals surface area (Å²) in [6.07, 6.45) is 4.18. The highest BCUT2D eigenvalue weighted by Crippen LogP contribution is 2.25. The minimum atomic E-state index is -0.503. The predicted octanol–water partition coefficient (Wildman–Crippen LogP) is 3.72. The number of carbonyl (C=O) groups excluding carboxylic acids is 2. The molecule has 1 fully saturated rings. The maximum absolute atomic E-state index is 12.9. The van der Waals surface area contributed by atoms with Crippen molar-refractivity contribution >= 4 is 23.5 Å². The number of esters is 1. The van der Waals surface area contributed by atoms with Gasteiger partial charge in [-0.2, -0.15) is 0 Å². The molecule has 0 spiro atoms. The van der Waals surface area contributed by atoms with Crippen molar-refractivity contribution in [3.63, 3.8) is 0 Å². The summed E-state index contributed by atoms with van der Waals surface area (Å²) in [5.41, 5.74) is 0.183. The zero-order valence-electron chi connectivity index (χ0n) is 13.1. The third-order valence-corrected chi connectivity index (χ3v) is 4.29. The molecular weight excluding hydrogens is 321 g/mol. The van der Waals surface area contributed by atoms with Crippen molar-refractivity contribution < 1.29 is 18.7 Å². The zero-order chi connectivity index (χ0) is 16.8. The molecule has 2 atom stereocenters. The first-order valence-electron chi connectivity index (χ1n) is 7.88. The van der Waals surface area contributed by atoms with Gasteiger partial charge < -0.3 is 10.1 Å². The third kappa shape index (κ3) is 5.50. The molecule has 0 aliphatic heterocycles. The van der Waals surface area contributed by atoms with E-state index in [-0.39, 0.29) is 35.6 Å². The quantitative estimate of drug-likeness (QED) is 0.830. The summed E-state index contributed by atoms with van der Waals surface area (Å²) in [6, 6.07) is 3.56. The standard InChI is InChI=1S/C17H21ClFNO3/c1-11-3-2-4-13(9-11)23-16(21)7-8-20-17(22)14-6-5-12(19)10-15(14)18/h5-6,10-11,13H,2-4,7-9H2,1H3,(H,20,22). The molecular formula is C17H21ClFNO3. The van der Waals surface area contributed by atoms with E-state index in [1.54, 1.807) is 0 Å². The summed E-state index contributed by atoms with van der Waals surface area (Å²) in [6.45, 7) is 2.32. The minimum absolute atomic E-state index is 0.00602. The van der Waals surface area contributed by atoms with Crippen LogP contribution >= 0.6 is 11.6 Å². The van der Waals surface area contributed by atoms with Gasteiger partial charge in [-0.1, -0.05) is 24.9 Å². The topological polar surface area (TPSA) is 55.4 Å². The lowest BCUT2D eigenvalue weighted by atomic mass is 9.89. The van der Waals surface area contributed by atoms with Gasteiger partial charge in [-0.15, -0.1) is 0 Å². The third-order valence-electron chi connectivity index (χ3n) is 3.98. The Labute approximate surface area is 140 Å². The molecule has 2 unspecified atom stereocenters. The van der Waals surface area contributed by atoms with E-state index in [0.29, 0.717) is 5.92 Å². The van der Waals surface area contributed by atoms with Crippen molar-refractivity contribution in [2.75, 3.05) is 6.54 Å². The molecule has 0 aromatic heterocycles. The van der Waals surface area contributed by atoms with Gasteiger partial charge in [0, 0.05) is 6.54 Å². The van der Waals surface area contributed by atoms with Crippen LogP contribution in [0.1, 0.15) is 49.4 Å². The second kappa shape index (κ2) is 8.29. The molecule has 1 aromatic carbocycles. The molecule has 4 nitrogen and oxygen atoms in total. The van der Waals surface area contributed by atoms with Crippen molar-refractivity contribution in [3.05, 3.63) is 34.6 Å². The van der Waals surface area contributed by atoms with Crippen LogP contribution in [0.15, 0.2) is 18.2 Å². The summed E-state index contributed by atoms with van der Waals surface area (Å²) in [4.78, 5) is 23.7. The van der Waals surface area contributed by atoms with Gasteiger partial charge in [0.1, 0.15) is 11.9 Å². The first-order chi connectivity index (χ1) is 11.0. The van der Waals surface area contributed by atoms with E-state index in [2.05, 4.69) is 12.2 Å². The van der Waals surface area contributed by atoms with E-state index >= 15 is 0 Å². The van der Waals surface area contributed by atoms with Crippen molar-refractivity contribution in [1.82, 2.24) is 5.32 Å². The molecule has 1 aromatic rings. The number of halogens is 2. The number of hydrogen-bond acceptors (Lipinski definition) is 3. The first-order valence-corrected chi connectivity index (χ1v) is 8.26. The summed E-state index contributed by atoms with van der Waals surface area (Å²) in [5, 5.41) is 2.63. The molecule has 126 valence electrons. The number of hydrogen-bond donors (Lipinski definition) is 1. The van der Waals surface area contributed by atoms with Gasteiger partial charge in [0.2, 0.25) is 0 Å². The van der Waals surface area contributed by atoms with Gasteiger partial charge in [0.15, 0.2) is 0 Å². The Balaban J connectivity index is 1.73. The molecule has 6 heteroatoms. The lowest BCUT2D eigenvalue weighted by Crippen LogP contribution is -2.29. The Kier molecular flexibility index (Phi) is 6.39.